The Kier molecular flexibility index (Phi) is 4.63. The van der Waals surface area contributed by atoms with E-state index in [9.17, 15) is 4.79 Å². The summed E-state index contributed by atoms with van der Waals surface area (Å²) >= 11 is 3.28. The number of carbonyl (C=O) groups excluding carboxylic acids is 1. The lowest BCUT2D eigenvalue weighted by atomic mass is 10.2. The number of methoxy groups -OCH3 is 1. The molecule has 0 heterocycles. The van der Waals surface area contributed by atoms with E-state index in [-0.39, 0.29) is 6.61 Å². The molecule has 0 aliphatic rings. The number of hydrogen-bond acceptors (Lipinski definition) is 4. The second-order valence-corrected chi connectivity index (χ2v) is 4.98. The molecule has 0 aromatic heterocycles. The number of halogens is 1. The van der Waals surface area contributed by atoms with Crippen LogP contribution in [0.1, 0.15) is 15.9 Å². The highest BCUT2D eigenvalue weighted by Crippen LogP contribution is 2.24. The molecule has 0 radical (unpaired) electrons. The van der Waals surface area contributed by atoms with Crippen LogP contribution in [0.4, 0.5) is 5.69 Å². The first-order valence-electron chi connectivity index (χ1n) is 5.96. The van der Waals surface area contributed by atoms with Crippen molar-refractivity contribution < 1.29 is 14.3 Å². The first kappa shape index (κ1) is 14.4. The van der Waals surface area contributed by atoms with Crippen molar-refractivity contribution in [2.45, 2.75) is 6.61 Å². The monoisotopic (exact) mass is 335 g/mol. The van der Waals surface area contributed by atoms with E-state index in [0.717, 1.165) is 11.3 Å². The molecule has 0 saturated heterocycles. The fourth-order valence-corrected chi connectivity index (χ4v) is 2.07. The molecule has 0 saturated carbocycles. The molecule has 0 atom stereocenters. The van der Waals surface area contributed by atoms with E-state index < -0.39 is 5.97 Å². The van der Waals surface area contributed by atoms with Gasteiger partial charge in [0, 0.05) is 4.47 Å². The van der Waals surface area contributed by atoms with Gasteiger partial charge in [-0.05, 0) is 45.8 Å². The minimum Gasteiger partial charge on any atom is -0.497 e. The number of hydrogen-bond donors (Lipinski definition) is 1. The van der Waals surface area contributed by atoms with Crippen LogP contribution in [0.5, 0.6) is 5.75 Å². The molecule has 0 bridgehead atoms. The van der Waals surface area contributed by atoms with Crippen LogP contribution in [0.15, 0.2) is 46.9 Å². The number of anilines is 1. The fourth-order valence-electron chi connectivity index (χ4n) is 1.70. The standard InChI is InChI=1S/C15H14BrNO3/c1-19-11-5-2-4-10(8-11)9-20-15(18)12-6-3-7-13(16)14(12)17/h2-8H,9,17H2,1H3. The van der Waals surface area contributed by atoms with E-state index in [1.807, 2.05) is 24.3 Å². The van der Waals surface area contributed by atoms with Crippen molar-refractivity contribution in [3.8, 4) is 5.75 Å². The first-order valence-corrected chi connectivity index (χ1v) is 6.75. The Labute approximate surface area is 125 Å². The van der Waals surface area contributed by atoms with Crippen LogP contribution in [0.2, 0.25) is 0 Å². The van der Waals surface area contributed by atoms with E-state index in [2.05, 4.69) is 15.9 Å². The van der Waals surface area contributed by atoms with Gasteiger partial charge < -0.3 is 15.2 Å². The second kappa shape index (κ2) is 6.43. The van der Waals surface area contributed by atoms with Crippen molar-refractivity contribution in [2.24, 2.45) is 0 Å². The number of para-hydroxylation sites is 1. The van der Waals surface area contributed by atoms with E-state index >= 15 is 0 Å². The quantitative estimate of drug-likeness (QED) is 0.687. The molecule has 0 amide bonds. The van der Waals surface area contributed by atoms with Crippen LogP contribution in [-0.4, -0.2) is 13.1 Å². The molecule has 4 nitrogen and oxygen atoms in total. The highest BCUT2D eigenvalue weighted by molar-refractivity contribution is 9.10. The lowest BCUT2D eigenvalue weighted by molar-refractivity contribution is 0.0473. The number of nitrogen functional groups attached to an aromatic ring is 1. The van der Waals surface area contributed by atoms with E-state index in [1.165, 1.54) is 0 Å². The molecule has 0 aliphatic carbocycles. The third-order valence-electron chi connectivity index (χ3n) is 2.78. The van der Waals surface area contributed by atoms with Crippen molar-refractivity contribution in [1.82, 2.24) is 0 Å². The van der Waals surface area contributed by atoms with Gasteiger partial charge in [-0.15, -0.1) is 0 Å². The third kappa shape index (κ3) is 3.30. The van der Waals surface area contributed by atoms with Crippen molar-refractivity contribution in [3.05, 3.63) is 58.1 Å². The maximum Gasteiger partial charge on any atom is 0.340 e. The topological polar surface area (TPSA) is 61.5 Å². The first-order chi connectivity index (χ1) is 9.61. The van der Waals surface area contributed by atoms with E-state index in [0.29, 0.717) is 15.7 Å². The normalized spacial score (nSPS) is 10.1. The Balaban J connectivity index is 2.06. The number of rotatable bonds is 4. The second-order valence-electron chi connectivity index (χ2n) is 4.13. The number of benzene rings is 2. The summed E-state index contributed by atoms with van der Waals surface area (Å²) in [5.41, 5.74) is 7.41. The maximum atomic E-state index is 12.0. The summed E-state index contributed by atoms with van der Waals surface area (Å²) in [6.07, 6.45) is 0. The summed E-state index contributed by atoms with van der Waals surface area (Å²) in [5.74, 6) is 0.270. The van der Waals surface area contributed by atoms with Crippen molar-refractivity contribution in [2.75, 3.05) is 12.8 Å². The molecule has 2 rings (SSSR count). The average molecular weight is 336 g/mol. The number of ether oxygens (including phenoxy) is 2. The lowest BCUT2D eigenvalue weighted by Gasteiger charge is -2.09. The Morgan fingerprint density at radius 3 is 2.75 bits per heavy atom. The van der Waals surface area contributed by atoms with Gasteiger partial charge in [0.25, 0.3) is 0 Å². The molecule has 2 aromatic rings. The average Bonchev–Trinajstić information content (AvgIpc) is 2.48. The van der Waals surface area contributed by atoms with Crippen molar-refractivity contribution in [1.29, 1.82) is 0 Å². The Morgan fingerprint density at radius 2 is 2.00 bits per heavy atom. The minimum absolute atomic E-state index is 0.169. The van der Waals surface area contributed by atoms with Gasteiger partial charge in [-0.1, -0.05) is 18.2 Å². The predicted molar refractivity (Wildman–Crippen MR) is 80.7 cm³/mol. The Bertz CT molecular complexity index is 628. The molecule has 2 N–H and O–H groups in total. The highest BCUT2D eigenvalue weighted by atomic mass is 79.9. The van der Waals surface area contributed by atoms with Gasteiger partial charge in [-0.25, -0.2) is 4.79 Å². The minimum atomic E-state index is -0.452. The van der Waals surface area contributed by atoms with Gasteiger partial charge in [0.15, 0.2) is 0 Å². The molecule has 5 heteroatoms. The summed E-state index contributed by atoms with van der Waals surface area (Å²) in [6, 6.07) is 12.5. The van der Waals surface area contributed by atoms with E-state index in [1.54, 1.807) is 25.3 Å². The lowest BCUT2D eigenvalue weighted by Crippen LogP contribution is -2.08. The summed E-state index contributed by atoms with van der Waals surface area (Å²) < 4.78 is 11.0. The third-order valence-corrected chi connectivity index (χ3v) is 3.47. The summed E-state index contributed by atoms with van der Waals surface area (Å²) in [4.78, 5) is 12.0. The van der Waals surface area contributed by atoms with Crippen LogP contribution >= 0.6 is 15.9 Å². The molecule has 0 unspecified atom stereocenters. The van der Waals surface area contributed by atoms with Crippen LogP contribution < -0.4 is 10.5 Å². The molecule has 0 fully saturated rings. The molecule has 0 spiro atoms. The van der Waals surface area contributed by atoms with Crippen molar-refractivity contribution >= 4 is 27.6 Å². The van der Waals surface area contributed by atoms with Crippen LogP contribution in [0.3, 0.4) is 0 Å². The smallest absolute Gasteiger partial charge is 0.340 e. The zero-order chi connectivity index (χ0) is 14.5. The molecule has 2 aromatic carbocycles. The zero-order valence-corrected chi connectivity index (χ0v) is 12.5. The SMILES string of the molecule is COc1cccc(COC(=O)c2cccc(Br)c2N)c1. The Hall–Kier alpha value is -2.01. The molecule has 20 heavy (non-hydrogen) atoms. The van der Waals surface area contributed by atoms with Gasteiger partial charge in [0.2, 0.25) is 0 Å². The van der Waals surface area contributed by atoms with Gasteiger partial charge in [0.05, 0.1) is 18.4 Å². The fraction of sp³-hybridized carbons (Fsp3) is 0.133. The summed E-state index contributed by atoms with van der Waals surface area (Å²) in [6.45, 7) is 0.169. The van der Waals surface area contributed by atoms with Crippen molar-refractivity contribution in [3.63, 3.8) is 0 Å². The molecular formula is C15H14BrNO3. The van der Waals surface area contributed by atoms with Crippen LogP contribution in [0.25, 0.3) is 0 Å². The van der Waals surface area contributed by atoms with Crippen LogP contribution in [0, 0.1) is 0 Å². The van der Waals surface area contributed by atoms with E-state index in [4.69, 9.17) is 15.2 Å². The maximum absolute atomic E-state index is 12.0. The largest absolute Gasteiger partial charge is 0.497 e. The highest BCUT2D eigenvalue weighted by Gasteiger charge is 2.13. The van der Waals surface area contributed by atoms with Crippen LogP contribution in [-0.2, 0) is 11.3 Å². The number of carbonyl (C=O) groups is 1. The summed E-state index contributed by atoms with van der Waals surface area (Å²) in [5, 5.41) is 0. The van der Waals surface area contributed by atoms with Gasteiger partial charge in [0.1, 0.15) is 12.4 Å². The molecule has 104 valence electrons. The molecular weight excluding hydrogens is 322 g/mol. The van der Waals surface area contributed by atoms with Gasteiger partial charge in [-0.2, -0.15) is 0 Å². The van der Waals surface area contributed by atoms with Gasteiger partial charge in [-0.3, -0.25) is 0 Å². The Morgan fingerprint density at radius 1 is 1.25 bits per heavy atom. The molecule has 0 aliphatic heterocycles. The number of esters is 1. The number of nitrogens with two attached hydrogens (primary N) is 1. The van der Waals surface area contributed by atoms with Gasteiger partial charge >= 0.3 is 5.97 Å². The summed E-state index contributed by atoms with van der Waals surface area (Å²) in [7, 11) is 1.59. The predicted octanol–water partition coefficient (Wildman–Crippen LogP) is 3.40. The zero-order valence-electron chi connectivity index (χ0n) is 10.9.